The maximum atomic E-state index is 9.84. The van der Waals surface area contributed by atoms with Crippen LogP contribution in [0.25, 0.3) is 0 Å². The molecular weight excluding hydrogens is 95.0 g/mol. The topological polar surface area (TPSA) is 26.3 Å². The zero-order valence-corrected chi connectivity index (χ0v) is 5.05. The molecule has 0 aromatic rings. The Hall–Kier alpha value is 0.00247. The van der Waals surface area contributed by atoms with Crippen molar-refractivity contribution in [1.29, 1.82) is 0 Å². The van der Waals surface area contributed by atoms with Crippen LogP contribution in [0.1, 0.15) is 6.92 Å². The molecule has 0 amide bonds. The predicted molar refractivity (Wildman–Crippen MR) is 23.4 cm³/mol. The molecule has 0 bridgehead atoms. The van der Waals surface area contributed by atoms with Crippen molar-refractivity contribution in [2.75, 3.05) is 0 Å². The van der Waals surface area contributed by atoms with Gasteiger partial charge in [0, 0.05) is 0 Å². The molecule has 0 radical (unpaired) electrons. The van der Waals surface area contributed by atoms with Crippen molar-refractivity contribution in [2.24, 2.45) is 0 Å². The first-order chi connectivity index (χ1) is 2.77. The van der Waals surface area contributed by atoms with Crippen LogP contribution in [0.4, 0.5) is 0 Å². The minimum atomic E-state index is -0.174. The van der Waals surface area contributed by atoms with E-state index in [4.69, 9.17) is 0 Å². The van der Waals surface area contributed by atoms with Crippen molar-refractivity contribution in [3.63, 3.8) is 0 Å². The molecule has 32 valence electrons. The van der Waals surface area contributed by atoms with E-state index in [1.54, 1.807) is 0 Å². The summed E-state index contributed by atoms with van der Waals surface area (Å²) in [5.74, 6) is 1.69. The quantitative estimate of drug-likeness (QED) is 0.441. The van der Waals surface area contributed by atoms with Crippen molar-refractivity contribution in [3.05, 3.63) is 0 Å². The third-order valence-corrected chi connectivity index (χ3v) is 0.851. The normalized spacial score (nSPS) is 6.33. The van der Waals surface area contributed by atoms with Crippen LogP contribution in [0.2, 0.25) is 5.79 Å². The Labute approximate surface area is 43.5 Å². The molecule has 0 aromatic heterocycles. The van der Waals surface area contributed by atoms with Crippen LogP contribution >= 0.6 is 0 Å². The van der Waals surface area contributed by atoms with Gasteiger partial charge in [0.05, 0.1) is 0 Å². The van der Waals surface area contributed by atoms with E-state index in [1.807, 2.05) is 5.79 Å². The first kappa shape index (κ1) is 6.00. The second-order valence-electron chi connectivity index (χ2n) is 0.845. The Kier molecular flexibility index (Phi) is 3.20. The van der Waals surface area contributed by atoms with Gasteiger partial charge in [-0.05, 0) is 0 Å². The monoisotopic (exact) mass is 101 g/mol. The molecule has 0 saturated heterocycles. The Bertz CT molecular complexity index is 52.8. The van der Waals surface area contributed by atoms with Crippen molar-refractivity contribution in [1.82, 2.24) is 0 Å². The van der Waals surface area contributed by atoms with Gasteiger partial charge in [-0.1, -0.05) is 0 Å². The molecule has 0 atom stereocenters. The predicted octanol–water partition coefficient (Wildman–Crippen LogP) is 0.217. The van der Waals surface area contributed by atoms with E-state index < -0.39 is 0 Å². The SMILES string of the molecule is [CH3][Al+][O]C(C)=O. The van der Waals surface area contributed by atoms with E-state index in [2.05, 4.69) is 3.79 Å². The molecule has 0 aliphatic heterocycles. The molecule has 0 aliphatic rings. The Morgan fingerprint density at radius 3 is 2.33 bits per heavy atom. The summed E-state index contributed by atoms with van der Waals surface area (Å²) in [6.45, 7) is 1.41. The molecule has 0 N–H and O–H groups in total. The first-order valence-corrected chi connectivity index (χ1v) is 3.35. The molecule has 0 heterocycles. The molecular formula is C3H6AlO2+. The maximum absolute atomic E-state index is 9.84. The summed E-state index contributed by atoms with van der Waals surface area (Å²) in [7, 11) is 0. The van der Waals surface area contributed by atoms with Crippen LogP contribution in [0.5, 0.6) is 0 Å². The van der Waals surface area contributed by atoms with Gasteiger partial charge >= 0.3 is 42.8 Å². The summed E-state index contributed by atoms with van der Waals surface area (Å²) in [5, 5.41) is 0. The van der Waals surface area contributed by atoms with E-state index in [-0.39, 0.29) is 21.5 Å². The minimum absolute atomic E-state index is 0.0972. The van der Waals surface area contributed by atoms with Crippen LogP contribution in [0, 0.1) is 0 Å². The zero-order chi connectivity index (χ0) is 4.99. The van der Waals surface area contributed by atoms with Crippen LogP contribution in [-0.4, -0.2) is 21.5 Å². The second kappa shape index (κ2) is 3.20. The number of hydrogen-bond acceptors (Lipinski definition) is 2. The molecule has 0 saturated carbocycles. The van der Waals surface area contributed by atoms with Crippen molar-refractivity contribution >= 4 is 21.5 Å². The third-order valence-electron chi connectivity index (χ3n) is 0.284. The van der Waals surface area contributed by atoms with Gasteiger partial charge in [0.1, 0.15) is 0 Å². The zero-order valence-electron chi connectivity index (χ0n) is 3.89. The van der Waals surface area contributed by atoms with Crippen LogP contribution in [-0.2, 0) is 8.58 Å². The molecule has 0 spiro atoms. The van der Waals surface area contributed by atoms with Crippen molar-refractivity contribution in [3.8, 4) is 0 Å². The fourth-order valence-corrected chi connectivity index (χ4v) is 0.498. The Morgan fingerprint density at radius 1 is 1.83 bits per heavy atom. The summed E-state index contributed by atoms with van der Waals surface area (Å²) in [6.07, 6.45) is 0. The summed E-state index contributed by atoms with van der Waals surface area (Å²) < 4.78 is 4.49. The van der Waals surface area contributed by atoms with Gasteiger partial charge in [-0.15, -0.1) is 0 Å². The van der Waals surface area contributed by atoms with Crippen LogP contribution in [0.3, 0.4) is 0 Å². The number of carbonyl (C=O) groups is 1. The molecule has 2 nitrogen and oxygen atoms in total. The Morgan fingerprint density at radius 2 is 2.33 bits per heavy atom. The van der Waals surface area contributed by atoms with Gasteiger partial charge in [-0.2, -0.15) is 0 Å². The van der Waals surface area contributed by atoms with E-state index in [1.165, 1.54) is 6.92 Å². The molecule has 6 heavy (non-hydrogen) atoms. The molecule has 0 fully saturated rings. The van der Waals surface area contributed by atoms with Gasteiger partial charge in [0.2, 0.25) is 0 Å². The first-order valence-electron chi connectivity index (χ1n) is 1.72. The van der Waals surface area contributed by atoms with Crippen molar-refractivity contribution < 1.29 is 8.58 Å². The van der Waals surface area contributed by atoms with E-state index in [0.29, 0.717) is 0 Å². The molecule has 0 aromatic carbocycles. The molecule has 0 unspecified atom stereocenters. The second-order valence-corrected chi connectivity index (χ2v) is 1.55. The average molecular weight is 101 g/mol. The van der Waals surface area contributed by atoms with Gasteiger partial charge in [0.15, 0.2) is 0 Å². The number of carbonyl (C=O) groups excluding carboxylic acids is 1. The average Bonchev–Trinajstić information content (AvgIpc) is 1.35. The van der Waals surface area contributed by atoms with Crippen LogP contribution in [0.15, 0.2) is 0 Å². The molecule has 3 heteroatoms. The van der Waals surface area contributed by atoms with E-state index in [0.717, 1.165) is 0 Å². The summed E-state index contributed by atoms with van der Waals surface area (Å²) >= 11 is -0.0972. The van der Waals surface area contributed by atoms with Gasteiger partial charge < -0.3 is 0 Å². The van der Waals surface area contributed by atoms with Gasteiger partial charge in [-0.3, -0.25) is 0 Å². The van der Waals surface area contributed by atoms with E-state index in [9.17, 15) is 4.79 Å². The summed E-state index contributed by atoms with van der Waals surface area (Å²) in [6, 6.07) is 0. The summed E-state index contributed by atoms with van der Waals surface area (Å²) in [4.78, 5) is 9.84. The third kappa shape index (κ3) is 4.00. The van der Waals surface area contributed by atoms with Crippen LogP contribution < -0.4 is 0 Å². The van der Waals surface area contributed by atoms with Gasteiger partial charge in [-0.25, -0.2) is 0 Å². The van der Waals surface area contributed by atoms with Crippen molar-refractivity contribution in [2.45, 2.75) is 12.7 Å². The Balaban J connectivity index is 2.83. The van der Waals surface area contributed by atoms with Gasteiger partial charge in [0.25, 0.3) is 0 Å². The fourth-order valence-electron chi connectivity index (χ4n) is 0.166. The van der Waals surface area contributed by atoms with E-state index >= 15 is 0 Å². The summed E-state index contributed by atoms with van der Waals surface area (Å²) in [5.41, 5.74) is 0. The molecule has 0 rings (SSSR count). The number of rotatable bonds is 1. The molecule has 0 aliphatic carbocycles. The number of hydrogen-bond donors (Lipinski definition) is 0. The fraction of sp³-hybridized carbons (Fsp3) is 0.667. The standard InChI is InChI=1S/C2H4O2.CH3.Al/c1-2(3)4;;/h1H3,(H,3,4);1H3;/q;;+2/p-1.